The monoisotopic (exact) mass is 230 g/mol. The van der Waals surface area contributed by atoms with Gasteiger partial charge in [0.1, 0.15) is 0 Å². The molecule has 0 bridgehead atoms. The Hall–Kier alpha value is -1.85. The molecule has 16 heavy (non-hydrogen) atoms. The Morgan fingerprint density at radius 1 is 0.938 bits per heavy atom. The highest BCUT2D eigenvalue weighted by Crippen LogP contribution is 2.08. The van der Waals surface area contributed by atoms with Gasteiger partial charge in [-0.1, -0.05) is 0 Å². The molecular formula is C10H14O6. The van der Waals surface area contributed by atoms with Gasteiger partial charge in [0, 0.05) is 18.1 Å². The minimum atomic E-state index is -0.676. The number of carbonyl (C=O) groups is 3. The Kier molecular flexibility index (Phi) is 6.58. The van der Waals surface area contributed by atoms with Crippen molar-refractivity contribution in [2.24, 2.45) is 0 Å². The van der Waals surface area contributed by atoms with Gasteiger partial charge in [-0.15, -0.1) is 0 Å². The molecule has 0 saturated carbocycles. The van der Waals surface area contributed by atoms with Gasteiger partial charge < -0.3 is 14.2 Å². The lowest BCUT2D eigenvalue weighted by molar-refractivity contribution is -0.141. The van der Waals surface area contributed by atoms with E-state index < -0.39 is 17.9 Å². The van der Waals surface area contributed by atoms with Crippen LogP contribution in [0.5, 0.6) is 0 Å². The molecule has 0 rings (SSSR count). The van der Waals surface area contributed by atoms with Crippen molar-refractivity contribution in [3.63, 3.8) is 0 Å². The van der Waals surface area contributed by atoms with Crippen molar-refractivity contribution in [1.29, 1.82) is 0 Å². The van der Waals surface area contributed by atoms with Crippen LogP contribution in [0.1, 0.15) is 12.8 Å². The Morgan fingerprint density at radius 3 is 2.00 bits per heavy atom. The third-order valence-corrected chi connectivity index (χ3v) is 1.77. The summed E-state index contributed by atoms with van der Waals surface area (Å²) in [4.78, 5) is 33.0. The summed E-state index contributed by atoms with van der Waals surface area (Å²) in [5, 5.41) is 0. The van der Waals surface area contributed by atoms with Crippen LogP contribution in [-0.4, -0.2) is 39.2 Å². The maximum Gasteiger partial charge on any atom is 0.334 e. The average Bonchev–Trinajstić information content (AvgIpc) is 2.32. The lowest BCUT2D eigenvalue weighted by Crippen LogP contribution is -2.10. The van der Waals surface area contributed by atoms with Crippen molar-refractivity contribution in [2.45, 2.75) is 12.8 Å². The fourth-order valence-corrected chi connectivity index (χ4v) is 0.904. The standard InChI is InChI=1S/C10H14O6/c1-14-8(11)5-4-7(10(13)16-3)6-9(12)15-2/h6H,4-5H2,1-3H3. The van der Waals surface area contributed by atoms with Gasteiger partial charge in [-0.25, -0.2) is 9.59 Å². The van der Waals surface area contributed by atoms with Crippen LogP contribution >= 0.6 is 0 Å². The van der Waals surface area contributed by atoms with Crippen molar-refractivity contribution in [1.82, 2.24) is 0 Å². The summed E-state index contributed by atoms with van der Waals surface area (Å²) in [7, 11) is 3.61. The summed E-state index contributed by atoms with van der Waals surface area (Å²) in [6.45, 7) is 0. The molecule has 0 atom stereocenters. The Balaban J connectivity index is 4.56. The number of methoxy groups -OCH3 is 3. The molecule has 0 radical (unpaired) electrons. The van der Waals surface area contributed by atoms with Crippen molar-refractivity contribution in [3.8, 4) is 0 Å². The second kappa shape index (κ2) is 7.44. The molecule has 0 aromatic carbocycles. The van der Waals surface area contributed by atoms with E-state index in [1.165, 1.54) is 21.3 Å². The van der Waals surface area contributed by atoms with Crippen LogP contribution in [0, 0.1) is 0 Å². The first-order valence-electron chi connectivity index (χ1n) is 4.48. The molecule has 0 aromatic rings. The average molecular weight is 230 g/mol. The van der Waals surface area contributed by atoms with Crippen LogP contribution in [0.25, 0.3) is 0 Å². The van der Waals surface area contributed by atoms with Crippen molar-refractivity contribution >= 4 is 17.9 Å². The van der Waals surface area contributed by atoms with E-state index in [-0.39, 0.29) is 18.4 Å². The molecular weight excluding hydrogens is 216 g/mol. The molecule has 0 amide bonds. The minimum absolute atomic E-state index is 0.00553. The number of rotatable bonds is 5. The first kappa shape index (κ1) is 14.2. The number of esters is 3. The molecule has 0 fully saturated rings. The van der Waals surface area contributed by atoms with Gasteiger partial charge in [-0.05, 0) is 6.42 Å². The highest BCUT2D eigenvalue weighted by atomic mass is 16.5. The Morgan fingerprint density at radius 2 is 1.56 bits per heavy atom. The number of carbonyl (C=O) groups excluding carboxylic acids is 3. The van der Waals surface area contributed by atoms with Crippen LogP contribution in [0.2, 0.25) is 0 Å². The van der Waals surface area contributed by atoms with E-state index in [2.05, 4.69) is 14.2 Å². The third-order valence-electron chi connectivity index (χ3n) is 1.77. The second-order valence-corrected chi connectivity index (χ2v) is 2.76. The fourth-order valence-electron chi connectivity index (χ4n) is 0.904. The van der Waals surface area contributed by atoms with E-state index >= 15 is 0 Å². The van der Waals surface area contributed by atoms with E-state index in [1.54, 1.807) is 0 Å². The Labute approximate surface area is 93.2 Å². The summed E-state index contributed by atoms with van der Waals surface area (Å²) in [6.07, 6.45) is 1.05. The predicted molar refractivity (Wildman–Crippen MR) is 53.4 cm³/mol. The first-order valence-corrected chi connectivity index (χ1v) is 4.48. The maximum absolute atomic E-state index is 11.2. The van der Waals surface area contributed by atoms with Gasteiger partial charge >= 0.3 is 17.9 Å². The zero-order valence-corrected chi connectivity index (χ0v) is 9.44. The SMILES string of the molecule is COC(=O)C=C(CCC(=O)OC)C(=O)OC. The van der Waals surface area contributed by atoms with Crippen LogP contribution < -0.4 is 0 Å². The topological polar surface area (TPSA) is 78.9 Å². The van der Waals surface area contributed by atoms with Gasteiger partial charge in [0.05, 0.1) is 21.3 Å². The highest BCUT2D eigenvalue weighted by molar-refractivity contribution is 5.96. The lowest BCUT2D eigenvalue weighted by atomic mass is 10.1. The van der Waals surface area contributed by atoms with Crippen LogP contribution in [0.4, 0.5) is 0 Å². The zero-order chi connectivity index (χ0) is 12.6. The van der Waals surface area contributed by atoms with E-state index in [0.717, 1.165) is 6.08 Å². The molecule has 0 aliphatic heterocycles. The summed E-state index contributed by atoms with van der Waals surface area (Å²) < 4.78 is 13.2. The van der Waals surface area contributed by atoms with Gasteiger partial charge in [-0.3, -0.25) is 4.79 Å². The number of hydrogen-bond acceptors (Lipinski definition) is 6. The van der Waals surface area contributed by atoms with E-state index in [4.69, 9.17) is 0 Å². The molecule has 6 heteroatoms. The first-order chi connectivity index (χ1) is 7.54. The molecule has 0 aliphatic rings. The van der Waals surface area contributed by atoms with Crippen LogP contribution in [0.3, 0.4) is 0 Å². The molecule has 0 N–H and O–H groups in total. The van der Waals surface area contributed by atoms with E-state index in [1.807, 2.05) is 0 Å². The van der Waals surface area contributed by atoms with Gasteiger partial charge in [0.25, 0.3) is 0 Å². The lowest BCUT2D eigenvalue weighted by Gasteiger charge is -2.04. The fraction of sp³-hybridized carbons (Fsp3) is 0.500. The van der Waals surface area contributed by atoms with E-state index in [9.17, 15) is 14.4 Å². The number of hydrogen-bond donors (Lipinski definition) is 0. The summed E-state index contributed by atoms with van der Waals surface area (Å²) in [6, 6.07) is 0. The maximum atomic E-state index is 11.2. The molecule has 0 heterocycles. The third kappa shape index (κ3) is 5.14. The largest absolute Gasteiger partial charge is 0.469 e. The zero-order valence-electron chi connectivity index (χ0n) is 9.44. The van der Waals surface area contributed by atoms with Crippen molar-refractivity contribution < 1.29 is 28.6 Å². The summed E-state index contributed by atoms with van der Waals surface area (Å²) in [5.74, 6) is -1.82. The van der Waals surface area contributed by atoms with Crippen LogP contribution in [-0.2, 0) is 28.6 Å². The summed E-state index contributed by atoms with van der Waals surface area (Å²) >= 11 is 0. The second-order valence-electron chi connectivity index (χ2n) is 2.76. The molecule has 0 spiro atoms. The van der Waals surface area contributed by atoms with Crippen LogP contribution in [0.15, 0.2) is 11.6 Å². The smallest absolute Gasteiger partial charge is 0.334 e. The highest BCUT2D eigenvalue weighted by Gasteiger charge is 2.14. The van der Waals surface area contributed by atoms with Crippen molar-refractivity contribution in [2.75, 3.05) is 21.3 Å². The predicted octanol–water partition coefficient (Wildman–Crippen LogP) is 0.212. The molecule has 90 valence electrons. The normalized spacial score (nSPS) is 10.6. The minimum Gasteiger partial charge on any atom is -0.469 e. The van der Waals surface area contributed by atoms with Gasteiger partial charge in [0.2, 0.25) is 0 Å². The van der Waals surface area contributed by atoms with Gasteiger partial charge in [0.15, 0.2) is 0 Å². The molecule has 0 aliphatic carbocycles. The molecule has 6 nitrogen and oxygen atoms in total. The molecule has 0 saturated heterocycles. The Bertz CT molecular complexity index is 304. The molecule has 0 aromatic heterocycles. The van der Waals surface area contributed by atoms with Gasteiger partial charge in [-0.2, -0.15) is 0 Å². The quantitative estimate of drug-likeness (QED) is 0.381. The van der Waals surface area contributed by atoms with Crippen molar-refractivity contribution in [3.05, 3.63) is 11.6 Å². The molecule has 0 unspecified atom stereocenters. The van der Waals surface area contributed by atoms with E-state index in [0.29, 0.717) is 0 Å². The summed E-state index contributed by atoms with van der Waals surface area (Å²) in [5.41, 5.74) is 0.0692. The number of ether oxygens (including phenoxy) is 3.